The van der Waals surface area contributed by atoms with E-state index in [2.05, 4.69) is 57.4 Å². The van der Waals surface area contributed by atoms with Gasteiger partial charge in [0.1, 0.15) is 0 Å². The third kappa shape index (κ3) is 3.98. The van der Waals surface area contributed by atoms with Gasteiger partial charge in [-0.1, -0.05) is 34.5 Å². The maximum atomic E-state index is 5.71. The van der Waals surface area contributed by atoms with E-state index in [0.717, 1.165) is 10.9 Å². The van der Waals surface area contributed by atoms with Gasteiger partial charge in [-0.05, 0) is 42.7 Å². The number of nitrogens with one attached hydrogen (secondary N) is 1. The minimum Gasteiger partial charge on any atom is -0.271 e. The van der Waals surface area contributed by atoms with Crippen LogP contribution >= 0.6 is 27.7 Å². The summed E-state index contributed by atoms with van der Waals surface area (Å²) in [6, 6.07) is 8.88. The third-order valence-electron chi connectivity index (χ3n) is 3.22. The van der Waals surface area contributed by atoms with Crippen LogP contribution in [0, 0.1) is 0 Å². The van der Waals surface area contributed by atoms with E-state index in [4.69, 9.17) is 5.84 Å². The lowest BCUT2D eigenvalue weighted by Crippen LogP contribution is -2.45. The number of hydrogen-bond donors (Lipinski definition) is 2. The maximum absolute atomic E-state index is 5.71. The summed E-state index contributed by atoms with van der Waals surface area (Å²) in [6.07, 6.45) is 4.99. The molecule has 0 radical (unpaired) electrons. The van der Waals surface area contributed by atoms with Crippen LogP contribution in [0.3, 0.4) is 0 Å². The second-order valence-corrected chi connectivity index (χ2v) is 6.77. The Bertz CT molecular complexity index is 353. The van der Waals surface area contributed by atoms with Crippen LogP contribution in [0.1, 0.15) is 24.8 Å². The van der Waals surface area contributed by atoms with Gasteiger partial charge in [0, 0.05) is 15.8 Å². The molecule has 0 spiro atoms. The van der Waals surface area contributed by atoms with Crippen LogP contribution in [0.4, 0.5) is 0 Å². The van der Waals surface area contributed by atoms with Crippen molar-refractivity contribution in [1.82, 2.24) is 5.43 Å². The van der Waals surface area contributed by atoms with E-state index in [1.807, 2.05) is 0 Å². The molecular formula is C13H19BrN2S. The monoisotopic (exact) mass is 314 g/mol. The Kier molecular flexibility index (Phi) is 5.35. The topological polar surface area (TPSA) is 38.0 Å². The first-order valence-corrected chi connectivity index (χ1v) is 7.96. The number of halogens is 1. The first kappa shape index (κ1) is 13.4. The molecule has 0 amide bonds. The zero-order valence-corrected chi connectivity index (χ0v) is 12.3. The van der Waals surface area contributed by atoms with E-state index in [1.165, 1.54) is 30.6 Å². The predicted octanol–water partition coefficient (Wildman–Crippen LogP) is 3.11. The second kappa shape index (κ2) is 6.78. The van der Waals surface area contributed by atoms with Crippen molar-refractivity contribution in [3.8, 4) is 0 Å². The van der Waals surface area contributed by atoms with Crippen molar-refractivity contribution in [3.05, 3.63) is 34.3 Å². The highest BCUT2D eigenvalue weighted by Gasteiger charge is 2.23. The number of hydrogen-bond acceptors (Lipinski definition) is 3. The van der Waals surface area contributed by atoms with E-state index in [9.17, 15) is 0 Å². The lowest BCUT2D eigenvalue weighted by molar-refractivity contribution is 0.472. The van der Waals surface area contributed by atoms with Gasteiger partial charge in [0.25, 0.3) is 0 Å². The summed E-state index contributed by atoms with van der Waals surface area (Å²) in [7, 11) is 0. The second-order valence-electron chi connectivity index (χ2n) is 4.51. The number of hydrazine groups is 1. The molecule has 2 rings (SSSR count). The predicted molar refractivity (Wildman–Crippen MR) is 79.1 cm³/mol. The number of nitrogens with two attached hydrogens (primary N) is 1. The lowest BCUT2D eigenvalue weighted by Gasteiger charge is -2.29. The molecule has 1 aromatic rings. The molecule has 0 saturated carbocycles. The van der Waals surface area contributed by atoms with Crippen LogP contribution in [0.15, 0.2) is 28.7 Å². The minimum absolute atomic E-state index is 0.384. The molecule has 94 valence electrons. The molecule has 0 aliphatic carbocycles. The molecule has 0 bridgehead atoms. The summed E-state index contributed by atoms with van der Waals surface area (Å²) in [5.74, 6) is 6.99. The van der Waals surface area contributed by atoms with Crippen molar-refractivity contribution in [2.45, 2.75) is 37.0 Å². The molecule has 0 aromatic heterocycles. The standard InChI is InChI=1S/C13H19BrN2S/c14-11-5-3-4-10(8-11)9-12(16-15)13-6-1-2-7-17-13/h3-5,8,12-13,16H,1-2,6-7,9,15H2. The van der Waals surface area contributed by atoms with Crippen LogP contribution in [-0.4, -0.2) is 17.0 Å². The van der Waals surface area contributed by atoms with E-state index in [0.29, 0.717) is 11.3 Å². The summed E-state index contributed by atoms with van der Waals surface area (Å²) in [4.78, 5) is 0. The average molecular weight is 315 g/mol. The Labute approximate surface area is 116 Å². The maximum Gasteiger partial charge on any atom is 0.0369 e. The van der Waals surface area contributed by atoms with Gasteiger partial charge in [-0.3, -0.25) is 11.3 Å². The van der Waals surface area contributed by atoms with E-state index < -0.39 is 0 Å². The molecule has 2 nitrogen and oxygen atoms in total. The highest BCUT2D eigenvalue weighted by atomic mass is 79.9. The van der Waals surface area contributed by atoms with Crippen molar-refractivity contribution < 1.29 is 0 Å². The Morgan fingerprint density at radius 2 is 2.35 bits per heavy atom. The molecule has 1 aliphatic heterocycles. The van der Waals surface area contributed by atoms with Gasteiger partial charge in [0.2, 0.25) is 0 Å². The van der Waals surface area contributed by atoms with Crippen LogP contribution in [0.2, 0.25) is 0 Å². The van der Waals surface area contributed by atoms with Gasteiger partial charge in [0.05, 0.1) is 0 Å². The van der Waals surface area contributed by atoms with Gasteiger partial charge in [-0.25, -0.2) is 0 Å². The van der Waals surface area contributed by atoms with Crippen molar-refractivity contribution in [3.63, 3.8) is 0 Å². The Hall–Kier alpha value is -0.0300. The molecule has 17 heavy (non-hydrogen) atoms. The van der Waals surface area contributed by atoms with Crippen molar-refractivity contribution in [1.29, 1.82) is 0 Å². The number of thioether (sulfide) groups is 1. The normalized spacial score (nSPS) is 22.4. The SMILES string of the molecule is NNC(Cc1cccc(Br)c1)C1CCCCS1. The molecule has 1 aliphatic rings. The summed E-state index contributed by atoms with van der Waals surface area (Å²) in [5, 5.41) is 0.660. The van der Waals surface area contributed by atoms with Crippen molar-refractivity contribution in [2.75, 3.05) is 5.75 Å². The van der Waals surface area contributed by atoms with E-state index in [1.54, 1.807) is 0 Å². The quantitative estimate of drug-likeness (QED) is 0.662. The summed E-state index contributed by atoms with van der Waals surface area (Å²) >= 11 is 5.58. The number of benzene rings is 1. The smallest absolute Gasteiger partial charge is 0.0369 e. The number of rotatable bonds is 4. The third-order valence-corrected chi connectivity index (χ3v) is 5.23. The van der Waals surface area contributed by atoms with Crippen molar-refractivity contribution in [2.24, 2.45) is 5.84 Å². The zero-order chi connectivity index (χ0) is 12.1. The largest absolute Gasteiger partial charge is 0.271 e. The minimum atomic E-state index is 0.384. The molecule has 1 aromatic carbocycles. The lowest BCUT2D eigenvalue weighted by atomic mass is 10.00. The molecule has 1 heterocycles. The Morgan fingerprint density at radius 1 is 1.47 bits per heavy atom. The van der Waals surface area contributed by atoms with E-state index >= 15 is 0 Å². The molecule has 4 heteroatoms. The Balaban J connectivity index is 1.98. The van der Waals surface area contributed by atoms with Gasteiger partial charge >= 0.3 is 0 Å². The molecule has 1 fully saturated rings. The average Bonchev–Trinajstić information content (AvgIpc) is 2.37. The van der Waals surface area contributed by atoms with Crippen LogP contribution in [0.5, 0.6) is 0 Å². The fourth-order valence-corrected chi connectivity index (χ4v) is 4.16. The van der Waals surface area contributed by atoms with Crippen LogP contribution < -0.4 is 11.3 Å². The summed E-state index contributed by atoms with van der Waals surface area (Å²) < 4.78 is 1.14. The highest BCUT2D eigenvalue weighted by molar-refractivity contribution is 9.10. The molecule has 2 atom stereocenters. The van der Waals surface area contributed by atoms with Crippen LogP contribution in [0.25, 0.3) is 0 Å². The van der Waals surface area contributed by atoms with Gasteiger partial charge in [-0.15, -0.1) is 0 Å². The molecular weight excluding hydrogens is 296 g/mol. The van der Waals surface area contributed by atoms with Crippen molar-refractivity contribution >= 4 is 27.7 Å². The molecule has 3 N–H and O–H groups in total. The first-order valence-electron chi connectivity index (χ1n) is 6.12. The fraction of sp³-hybridized carbons (Fsp3) is 0.538. The molecule has 1 saturated heterocycles. The van der Waals surface area contributed by atoms with Crippen LogP contribution in [-0.2, 0) is 6.42 Å². The summed E-state index contributed by atoms with van der Waals surface area (Å²) in [6.45, 7) is 0. The highest BCUT2D eigenvalue weighted by Crippen LogP contribution is 2.29. The Morgan fingerprint density at radius 3 is 3.00 bits per heavy atom. The zero-order valence-electron chi connectivity index (χ0n) is 9.86. The summed E-state index contributed by atoms with van der Waals surface area (Å²) in [5.41, 5.74) is 4.34. The van der Waals surface area contributed by atoms with Gasteiger partial charge < -0.3 is 0 Å². The molecule has 2 unspecified atom stereocenters. The van der Waals surface area contributed by atoms with E-state index in [-0.39, 0.29) is 0 Å². The first-order chi connectivity index (χ1) is 8.29. The van der Waals surface area contributed by atoms with Gasteiger partial charge in [-0.2, -0.15) is 11.8 Å². The van der Waals surface area contributed by atoms with Gasteiger partial charge in [0.15, 0.2) is 0 Å². The fourth-order valence-electron chi connectivity index (χ4n) is 2.30.